The molecule has 0 fully saturated rings. The van der Waals surface area contributed by atoms with Gasteiger partial charge in [0.2, 0.25) is 0 Å². The topological polar surface area (TPSA) is 82.3 Å². The van der Waals surface area contributed by atoms with Crippen LogP contribution < -0.4 is 5.32 Å². The van der Waals surface area contributed by atoms with Gasteiger partial charge in [0, 0.05) is 27.4 Å². The van der Waals surface area contributed by atoms with E-state index >= 15 is 4.39 Å². The maximum absolute atomic E-state index is 16.1. The van der Waals surface area contributed by atoms with Crippen LogP contribution in [0.1, 0.15) is 38.8 Å². The smallest absolute Gasteiger partial charge is 0.176 e. The van der Waals surface area contributed by atoms with Crippen molar-refractivity contribution in [2.75, 3.05) is 0 Å². The average molecular weight is 543 g/mol. The highest BCUT2D eigenvalue weighted by Crippen LogP contribution is 2.35. The SMILES string of the molecule is C=C/C(=C\C(=C/C)c1ncc2[nH]nc(-c3nc4c(-c5ccc(F)s5)cccc4[nH]3)c2c1F)NC(=C)CCCC. The van der Waals surface area contributed by atoms with Crippen molar-refractivity contribution in [3.63, 3.8) is 0 Å². The second-order valence-electron chi connectivity index (χ2n) is 9.05. The summed E-state index contributed by atoms with van der Waals surface area (Å²) in [6, 6.07) is 8.78. The van der Waals surface area contributed by atoms with Crippen LogP contribution in [0.25, 0.3) is 49.5 Å². The zero-order valence-electron chi connectivity index (χ0n) is 21.7. The molecule has 0 unspecified atom stereocenters. The van der Waals surface area contributed by atoms with E-state index in [1.54, 1.807) is 30.5 Å². The van der Waals surface area contributed by atoms with Gasteiger partial charge in [-0.25, -0.2) is 9.37 Å². The lowest BCUT2D eigenvalue weighted by Gasteiger charge is -2.12. The van der Waals surface area contributed by atoms with E-state index in [9.17, 15) is 4.39 Å². The van der Waals surface area contributed by atoms with E-state index in [4.69, 9.17) is 4.98 Å². The minimum absolute atomic E-state index is 0.179. The van der Waals surface area contributed by atoms with E-state index in [1.807, 2.05) is 25.1 Å². The summed E-state index contributed by atoms with van der Waals surface area (Å²) in [5.41, 5.74) is 5.30. The zero-order valence-corrected chi connectivity index (χ0v) is 22.6. The van der Waals surface area contributed by atoms with Crippen LogP contribution in [0.4, 0.5) is 8.78 Å². The van der Waals surface area contributed by atoms with Crippen molar-refractivity contribution < 1.29 is 8.78 Å². The van der Waals surface area contributed by atoms with Gasteiger partial charge in [-0.3, -0.25) is 10.1 Å². The number of para-hydroxylation sites is 1. The van der Waals surface area contributed by atoms with Gasteiger partial charge in [0.15, 0.2) is 16.8 Å². The number of fused-ring (bicyclic) bond motifs is 2. The van der Waals surface area contributed by atoms with Crippen LogP contribution in [0.3, 0.4) is 0 Å². The Balaban J connectivity index is 1.56. The maximum Gasteiger partial charge on any atom is 0.176 e. The number of aromatic amines is 2. The first-order chi connectivity index (χ1) is 18.9. The molecule has 0 amide bonds. The molecule has 4 heterocycles. The van der Waals surface area contributed by atoms with Crippen molar-refractivity contribution in [2.24, 2.45) is 0 Å². The van der Waals surface area contributed by atoms with Crippen molar-refractivity contribution in [3.05, 3.63) is 96.0 Å². The van der Waals surface area contributed by atoms with Gasteiger partial charge in [-0.05, 0) is 50.1 Å². The lowest BCUT2D eigenvalue weighted by atomic mass is 10.1. The maximum atomic E-state index is 16.1. The minimum atomic E-state index is -0.519. The van der Waals surface area contributed by atoms with Crippen molar-refractivity contribution in [3.8, 4) is 22.0 Å². The third-order valence-corrected chi connectivity index (χ3v) is 7.30. The number of nitrogens with one attached hydrogen (secondary N) is 3. The Morgan fingerprint density at radius 3 is 2.74 bits per heavy atom. The molecule has 5 aromatic rings. The Morgan fingerprint density at radius 2 is 2.03 bits per heavy atom. The molecule has 0 saturated heterocycles. The summed E-state index contributed by atoms with van der Waals surface area (Å²) in [6.45, 7) is 11.9. The van der Waals surface area contributed by atoms with Crippen LogP contribution in [-0.2, 0) is 0 Å². The average Bonchev–Trinajstić information content (AvgIpc) is 3.68. The fourth-order valence-electron chi connectivity index (χ4n) is 4.41. The molecular formula is C30H28F2N6S. The molecule has 1 aromatic carbocycles. The highest BCUT2D eigenvalue weighted by atomic mass is 32.1. The fraction of sp³-hybridized carbons (Fsp3) is 0.167. The predicted molar refractivity (Wildman–Crippen MR) is 156 cm³/mol. The van der Waals surface area contributed by atoms with E-state index in [0.717, 1.165) is 52.3 Å². The normalized spacial score (nSPS) is 12.4. The minimum Gasteiger partial charge on any atom is -0.359 e. The van der Waals surface area contributed by atoms with E-state index in [2.05, 4.69) is 45.6 Å². The number of thiophene rings is 1. The number of halogens is 2. The van der Waals surface area contributed by atoms with Gasteiger partial charge < -0.3 is 10.3 Å². The molecule has 4 aromatic heterocycles. The van der Waals surface area contributed by atoms with Gasteiger partial charge in [-0.2, -0.15) is 9.49 Å². The number of benzene rings is 1. The Labute approximate surface area is 228 Å². The molecule has 0 aliphatic carbocycles. The molecule has 0 spiro atoms. The second kappa shape index (κ2) is 11.2. The molecule has 0 bridgehead atoms. The van der Waals surface area contributed by atoms with E-state index in [-0.39, 0.29) is 16.2 Å². The monoisotopic (exact) mass is 542 g/mol. The van der Waals surface area contributed by atoms with Crippen LogP contribution in [-0.4, -0.2) is 25.1 Å². The van der Waals surface area contributed by atoms with Crippen molar-refractivity contribution in [1.82, 2.24) is 30.5 Å². The number of imidazole rings is 1. The molecule has 198 valence electrons. The third-order valence-electron chi connectivity index (χ3n) is 6.39. The summed E-state index contributed by atoms with van der Waals surface area (Å²) in [5.74, 6) is -0.121. The number of pyridine rings is 1. The summed E-state index contributed by atoms with van der Waals surface area (Å²) in [5, 5.41) is 10.5. The van der Waals surface area contributed by atoms with E-state index in [0.29, 0.717) is 33.8 Å². The molecule has 0 aliphatic heterocycles. The lowest BCUT2D eigenvalue weighted by Crippen LogP contribution is -2.10. The molecule has 0 aliphatic rings. The molecule has 5 rings (SSSR count). The van der Waals surface area contributed by atoms with Gasteiger partial charge in [-0.1, -0.05) is 44.7 Å². The largest absolute Gasteiger partial charge is 0.359 e. The van der Waals surface area contributed by atoms with E-state index in [1.165, 1.54) is 6.07 Å². The zero-order chi connectivity index (χ0) is 27.5. The highest BCUT2D eigenvalue weighted by Gasteiger charge is 2.21. The van der Waals surface area contributed by atoms with Crippen LogP contribution in [0.2, 0.25) is 0 Å². The van der Waals surface area contributed by atoms with Crippen molar-refractivity contribution >= 4 is 38.8 Å². The number of hydrogen-bond acceptors (Lipinski definition) is 5. The molecule has 0 saturated carbocycles. The predicted octanol–water partition coefficient (Wildman–Crippen LogP) is 8.27. The number of nitrogens with zero attached hydrogens (tertiary/aromatic N) is 3. The second-order valence-corrected chi connectivity index (χ2v) is 10.1. The quantitative estimate of drug-likeness (QED) is 0.155. The summed E-state index contributed by atoms with van der Waals surface area (Å²) >= 11 is 1.05. The van der Waals surface area contributed by atoms with Crippen molar-refractivity contribution in [1.29, 1.82) is 0 Å². The number of H-pyrrole nitrogens is 2. The van der Waals surface area contributed by atoms with Crippen LogP contribution >= 0.6 is 11.3 Å². The first-order valence-corrected chi connectivity index (χ1v) is 13.5. The van der Waals surface area contributed by atoms with E-state index < -0.39 is 5.82 Å². The number of hydrogen-bond donors (Lipinski definition) is 3. The van der Waals surface area contributed by atoms with Crippen LogP contribution in [0.5, 0.6) is 0 Å². The van der Waals surface area contributed by atoms with Crippen LogP contribution in [0.15, 0.2) is 79.3 Å². The number of unbranched alkanes of at least 4 members (excludes halogenated alkanes) is 1. The van der Waals surface area contributed by atoms with Crippen molar-refractivity contribution in [2.45, 2.75) is 33.1 Å². The van der Waals surface area contributed by atoms with Gasteiger partial charge in [0.05, 0.1) is 28.1 Å². The Morgan fingerprint density at radius 1 is 1.18 bits per heavy atom. The standard InChI is InChI=1S/C30H28F2N6S/c1-5-8-10-17(4)34-19(7-3)15-18(6-2)27-26(32)25-22(16-33-27)37-38-29(25)30-35-21-12-9-11-20(28(21)36-30)23-13-14-24(31)39-23/h6-7,9,11-16,34H,3-5,8,10H2,1-2H3,(H,35,36)(H,37,38)/b18-6+,19-15+. The number of rotatable bonds is 10. The van der Waals surface area contributed by atoms with Gasteiger partial charge in [0.1, 0.15) is 11.4 Å². The first kappa shape index (κ1) is 26.2. The van der Waals surface area contributed by atoms with Gasteiger partial charge in [0.25, 0.3) is 0 Å². The molecule has 6 nitrogen and oxygen atoms in total. The number of allylic oxidation sites excluding steroid dienone is 5. The molecule has 0 atom stereocenters. The van der Waals surface area contributed by atoms with Gasteiger partial charge in [-0.15, -0.1) is 11.3 Å². The molecule has 0 radical (unpaired) electrons. The highest BCUT2D eigenvalue weighted by molar-refractivity contribution is 7.14. The summed E-state index contributed by atoms with van der Waals surface area (Å²) in [4.78, 5) is 13.1. The summed E-state index contributed by atoms with van der Waals surface area (Å²) in [6.07, 6.45) is 9.76. The summed E-state index contributed by atoms with van der Waals surface area (Å²) < 4.78 is 29.8. The third kappa shape index (κ3) is 5.18. The molecule has 39 heavy (non-hydrogen) atoms. The molecule has 9 heteroatoms. The Bertz CT molecular complexity index is 1750. The number of aromatic nitrogens is 5. The first-order valence-electron chi connectivity index (χ1n) is 12.7. The summed E-state index contributed by atoms with van der Waals surface area (Å²) in [7, 11) is 0. The molecular weight excluding hydrogens is 514 g/mol. The molecule has 3 N–H and O–H groups in total. The Hall–Kier alpha value is -4.37. The lowest BCUT2D eigenvalue weighted by molar-refractivity contribution is 0.630. The van der Waals surface area contributed by atoms with Gasteiger partial charge >= 0.3 is 0 Å². The van der Waals surface area contributed by atoms with Crippen LogP contribution in [0, 0.1) is 10.9 Å². The Kier molecular flexibility index (Phi) is 7.51. The fourth-order valence-corrected chi connectivity index (χ4v) is 5.17.